The Morgan fingerprint density at radius 3 is 2.10 bits per heavy atom. The smallest absolute Gasteiger partial charge is 0.228 e. The first-order valence-electron chi connectivity index (χ1n) is 9.74. The van der Waals surface area contributed by atoms with E-state index in [0.717, 1.165) is 17.1 Å². The van der Waals surface area contributed by atoms with Crippen LogP contribution in [0.3, 0.4) is 0 Å². The second-order valence-electron chi connectivity index (χ2n) is 6.93. The van der Waals surface area contributed by atoms with Crippen molar-refractivity contribution in [2.75, 3.05) is 37.6 Å². The lowest BCUT2D eigenvalue weighted by atomic mass is 10.2. The Bertz CT molecular complexity index is 1020. The van der Waals surface area contributed by atoms with Crippen LogP contribution in [0, 0.1) is 0 Å². The van der Waals surface area contributed by atoms with Crippen LogP contribution in [0.4, 0.5) is 17.1 Å². The summed E-state index contributed by atoms with van der Waals surface area (Å²) in [6, 6.07) is 22.1. The maximum atomic E-state index is 13.0. The van der Waals surface area contributed by atoms with Crippen LogP contribution >= 0.6 is 11.8 Å². The minimum absolute atomic E-state index is 0.0374. The molecule has 6 heteroatoms. The van der Waals surface area contributed by atoms with E-state index in [4.69, 9.17) is 9.47 Å². The quantitative estimate of drug-likeness (QED) is 0.537. The van der Waals surface area contributed by atoms with Crippen molar-refractivity contribution in [3.05, 3.63) is 66.7 Å². The van der Waals surface area contributed by atoms with Crippen molar-refractivity contribution < 1.29 is 14.3 Å². The molecular formula is C24H24N2O3S. The first-order valence-corrected chi connectivity index (χ1v) is 10.6. The van der Waals surface area contributed by atoms with Gasteiger partial charge in [-0.15, -0.1) is 0 Å². The highest BCUT2D eigenvalue weighted by atomic mass is 32.2. The van der Waals surface area contributed by atoms with Gasteiger partial charge in [-0.3, -0.25) is 4.79 Å². The lowest BCUT2D eigenvalue weighted by Crippen LogP contribution is -2.31. The molecule has 0 unspecified atom stereocenters. The van der Waals surface area contributed by atoms with E-state index in [1.807, 2.05) is 42.5 Å². The van der Waals surface area contributed by atoms with Crippen LogP contribution < -0.4 is 19.3 Å². The molecule has 0 saturated heterocycles. The molecule has 0 radical (unpaired) electrons. The van der Waals surface area contributed by atoms with Crippen LogP contribution in [0.5, 0.6) is 11.5 Å². The summed E-state index contributed by atoms with van der Waals surface area (Å²) < 4.78 is 10.7. The highest BCUT2D eigenvalue weighted by Crippen LogP contribution is 2.47. The van der Waals surface area contributed by atoms with E-state index in [0.29, 0.717) is 24.5 Å². The number of rotatable bonds is 6. The third-order valence-corrected chi connectivity index (χ3v) is 6.34. The van der Waals surface area contributed by atoms with Crippen LogP contribution in [-0.2, 0) is 4.79 Å². The van der Waals surface area contributed by atoms with Gasteiger partial charge in [0.1, 0.15) is 0 Å². The second kappa shape index (κ2) is 8.71. The number of hydrogen-bond acceptors (Lipinski definition) is 5. The van der Waals surface area contributed by atoms with Crippen molar-refractivity contribution in [3.8, 4) is 11.5 Å². The van der Waals surface area contributed by atoms with E-state index in [1.165, 1.54) is 9.79 Å². The number of anilines is 3. The number of carbonyl (C=O) groups excluding carboxylic acids is 1. The molecule has 154 valence electrons. The number of hydrogen-bond donors (Lipinski definition) is 0. The number of benzene rings is 3. The van der Waals surface area contributed by atoms with Gasteiger partial charge >= 0.3 is 0 Å². The normalized spacial score (nSPS) is 12.0. The lowest BCUT2D eigenvalue weighted by molar-refractivity contribution is -0.118. The molecule has 0 bridgehead atoms. The van der Waals surface area contributed by atoms with Crippen molar-refractivity contribution in [2.45, 2.75) is 16.2 Å². The zero-order valence-corrected chi connectivity index (χ0v) is 18.1. The molecule has 0 N–H and O–H groups in total. The summed E-state index contributed by atoms with van der Waals surface area (Å²) in [7, 11) is 4.98. The first-order chi connectivity index (χ1) is 14.6. The Kier molecular flexibility index (Phi) is 5.86. The van der Waals surface area contributed by atoms with E-state index >= 15 is 0 Å². The van der Waals surface area contributed by atoms with Gasteiger partial charge in [0.15, 0.2) is 11.5 Å². The number of nitrogens with zero attached hydrogens (tertiary/aromatic N) is 2. The van der Waals surface area contributed by atoms with Crippen LogP contribution in [0.15, 0.2) is 76.5 Å². The minimum atomic E-state index is 0.0374. The van der Waals surface area contributed by atoms with Crippen LogP contribution in [0.2, 0.25) is 0 Å². The second-order valence-corrected chi connectivity index (χ2v) is 8.01. The number of para-hydroxylation sites is 2. The fourth-order valence-corrected chi connectivity index (χ4v) is 4.67. The first kappa shape index (κ1) is 20.2. The van der Waals surface area contributed by atoms with Gasteiger partial charge in [0.05, 0.1) is 25.6 Å². The third kappa shape index (κ3) is 3.83. The molecule has 0 aliphatic carbocycles. The molecule has 3 aromatic rings. The number of ether oxygens (including phenoxy) is 2. The van der Waals surface area contributed by atoms with Crippen molar-refractivity contribution in [3.63, 3.8) is 0 Å². The summed E-state index contributed by atoms with van der Waals surface area (Å²) in [5.74, 6) is 1.28. The van der Waals surface area contributed by atoms with Crippen LogP contribution in [0.25, 0.3) is 0 Å². The average molecular weight is 421 g/mol. The maximum Gasteiger partial charge on any atom is 0.228 e. The molecule has 0 fully saturated rings. The monoisotopic (exact) mass is 420 g/mol. The Morgan fingerprint density at radius 2 is 1.50 bits per heavy atom. The topological polar surface area (TPSA) is 42.0 Å². The summed E-state index contributed by atoms with van der Waals surface area (Å²) in [5.41, 5.74) is 3.05. The SMILES string of the molecule is COc1ccc(N(C)C(=O)CCN2c3ccccc3Sc3ccccc32)cc1OC. The van der Waals surface area contributed by atoms with Gasteiger partial charge in [-0.25, -0.2) is 0 Å². The Morgan fingerprint density at radius 1 is 0.900 bits per heavy atom. The molecule has 5 nitrogen and oxygen atoms in total. The van der Waals surface area contributed by atoms with Gasteiger partial charge < -0.3 is 19.3 Å². The van der Waals surface area contributed by atoms with E-state index in [1.54, 1.807) is 37.9 Å². The highest BCUT2D eigenvalue weighted by molar-refractivity contribution is 7.99. The Balaban J connectivity index is 1.53. The Hall–Kier alpha value is -3.12. The summed E-state index contributed by atoms with van der Waals surface area (Å²) >= 11 is 1.77. The molecule has 0 saturated carbocycles. The van der Waals surface area contributed by atoms with E-state index in [9.17, 15) is 4.79 Å². The average Bonchev–Trinajstić information content (AvgIpc) is 2.80. The molecule has 1 aliphatic rings. The lowest BCUT2D eigenvalue weighted by Gasteiger charge is -2.33. The molecule has 1 amide bonds. The number of amides is 1. The van der Waals surface area contributed by atoms with Gasteiger partial charge in [-0.2, -0.15) is 0 Å². The van der Waals surface area contributed by atoms with Gasteiger partial charge in [0, 0.05) is 41.6 Å². The summed E-state index contributed by atoms with van der Waals surface area (Å²) in [4.78, 5) is 19.3. The van der Waals surface area contributed by atoms with E-state index in [2.05, 4.69) is 29.2 Å². The summed E-state index contributed by atoms with van der Waals surface area (Å²) in [5, 5.41) is 0. The van der Waals surface area contributed by atoms with E-state index in [-0.39, 0.29) is 5.91 Å². The van der Waals surface area contributed by atoms with Gasteiger partial charge in [0.2, 0.25) is 5.91 Å². The molecule has 1 heterocycles. The third-order valence-electron chi connectivity index (χ3n) is 5.21. The van der Waals surface area contributed by atoms with Crippen LogP contribution in [0.1, 0.15) is 6.42 Å². The van der Waals surface area contributed by atoms with Crippen molar-refractivity contribution in [1.82, 2.24) is 0 Å². The maximum absolute atomic E-state index is 13.0. The van der Waals surface area contributed by atoms with Gasteiger partial charge in [0.25, 0.3) is 0 Å². The standard InChI is InChI=1S/C24H24N2O3S/c1-25(17-12-13-20(28-2)21(16-17)29-3)24(27)14-15-26-18-8-4-6-10-22(18)30-23-11-7-5-9-19(23)26/h4-13,16H,14-15H2,1-3H3. The molecular weight excluding hydrogens is 396 g/mol. The number of fused-ring (bicyclic) bond motifs is 2. The summed E-state index contributed by atoms with van der Waals surface area (Å²) in [6.45, 7) is 0.602. The minimum Gasteiger partial charge on any atom is -0.493 e. The van der Waals surface area contributed by atoms with Crippen LogP contribution in [-0.4, -0.2) is 33.7 Å². The highest BCUT2D eigenvalue weighted by Gasteiger charge is 2.24. The molecule has 0 atom stereocenters. The van der Waals surface area contributed by atoms with Crippen molar-refractivity contribution in [2.24, 2.45) is 0 Å². The molecule has 0 spiro atoms. The predicted octanol–water partition coefficient (Wildman–Crippen LogP) is 5.36. The van der Waals surface area contributed by atoms with Gasteiger partial charge in [-0.05, 0) is 36.4 Å². The molecule has 3 aromatic carbocycles. The molecule has 30 heavy (non-hydrogen) atoms. The number of carbonyl (C=O) groups is 1. The zero-order valence-electron chi connectivity index (χ0n) is 17.3. The predicted molar refractivity (Wildman–Crippen MR) is 122 cm³/mol. The van der Waals surface area contributed by atoms with E-state index < -0.39 is 0 Å². The molecule has 0 aromatic heterocycles. The molecule has 1 aliphatic heterocycles. The van der Waals surface area contributed by atoms with Gasteiger partial charge in [-0.1, -0.05) is 36.0 Å². The van der Waals surface area contributed by atoms with Crippen molar-refractivity contribution >= 4 is 34.7 Å². The summed E-state index contributed by atoms with van der Waals surface area (Å²) in [6.07, 6.45) is 0.387. The fraction of sp³-hybridized carbons (Fsp3) is 0.208. The Labute approximate surface area is 181 Å². The van der Waals surface area contributed by atoms with Crippen molar-refractivity contribution in [1.29, 1.82) is 0 Å². The largest absolute Gasteiger partial charge is 0.493 e. The fourth-order valence-electron chi connectivity index (χ4n) is 3.57. The zero-order chi connectivity index (χ0) is 21.1. The number of methoxy groups -OCH3 is 2. The molecule has 4 rings (SSSR count).